The standard InChI is InChI=1S/C20H19N3O3/c1-15-18(13-23(21-15)17-10-6-3-7-11-17)20(26)22(14-19(24)25)12-16-8-4-2-5-9-16/h2-11,13H,12,14H2,1H3,(H,24,25). The number of carbonyl (C=O) groups is 2. The minimum Gasteiger partial charge on any atom is -0.480 e. The van der Waals surface area contributed by atoms with Crippen molar-refractivity contribution in [3.05, 3.63) is 83.7 Å². The summed E-state index contributed by atoms with van der Waals surface area (Å²) in [6.45, 7) is 1.60. The normalized spacial score (nSPS) is 10.5. The monoisotopic (exact) mass is 349 g/mol. The van der Waals surface area contributed by atoms with Crippen molar-refractivity contribution in [3.8, 4) is 5.69 Å². The third-order valence-corrected chi connectivity index (χ3v) is 3.98. The molecule has 0 saturated heterocycles. The van der Waals surface area contributed by atoms with Gasteiger partial charge in [0.25, 0.3) is 5.91 Å². The molecule has 0 aliphatic carbocycles. The van der Waals surface area contributed by atoms with Gasteiger partial charge in [0.15, 0.2) is 0 Å². The van der Waals surface area contributed by atoms with Gasteiger partial charge in [0.2, 0.25) is 0 Å². The quantitative estimate of drug-likeness (QED) is 0.742. The van der Waals surface area contributed by atoms with Gasteiger partial charge in [-0.15, -0.1) is 0 Å². The summed E-state index contributed by atoms with van der Waals surface area (Å²) < 4.78 is 1.63. The van der Waals surface area contributed by atoms with Gasteiger partial charge in [0.1, 0.15) is 6.54 Å². The predicted octanol–water partition coefficient (Wildman–Crippen LogP) is 2.91. The summed E-state index contributed by atoms with van der Waals surface area (Å²) in [6.07, 6.45) is 1.65. The van der Waals surface area contributed by atoms with E-state index < -0.39 is 5.97 Å². The van der Waals surface area contributed by atoms with Gasteiger partial charge in [0, 0.05) is 12.7 Å². The van der Waals surface area contributed by atoms with Crippen molar-refractivity contribution in [1.82, 2.24) is 14.7 Å². The largest absolute Gasteiger partial charge is 0.480 e. The number of aliphatic carboxylic acids is 1. The van der Waals surface area contributed by atoms with Crippen molar-refractivity contribution < 1.29 is 14.7 Å². The fourth-order valence-electron chi connectivity index (χ4n) is 2.72. The van der Waals surface area contributed by atoms with Gasteiger partial charge in [-0.1, -0.05) is 48.5 Å². The number of hydrogen-bond acceptors (Lipinski definition) is 3. The van der Waals surface area contributed by atoms with Crippen LogP contribution in [0.5, 0.6) is 0 Å². The first kappa shape index (κ1) is 17.4. The van der Waals surface area contributed by atoms with Gasteiger partial charge in [0.05, 0.1) is 16.9 Å². The van der Waals surface area contributed by atoms with E-state index in [-0.39, 0.29) is 19.0 Å². The molecule has 0 aliphatic heterocycles. The first-order valence-corrected chi connectivity index (χ1v) is 8.21. The Hall–Kier alpha value is -3.41. The molecule has 1 aromatic heterocycles. The molecular weight excluding hydrogens is 330 g/mol. The molecule has 0 bridgehead atoms. The minimum absolute atomic E-state index is 0.224. The number of hydrogen-bond donors (Lipinski definition) is 1. The molecule has 6 nitrogen and oxygen atoms in total. The van der Waals surface area contributed by atoms with Crippen LogP contribution in [0, 0.1) is 6.92 Å². The summed E-state index contributed by atoms with van der Waals surface area (Å²) in [4.78, 5) is 25.5. The zero-order valence-electron chi connectivity index (χ0n) is 14.4. The van der Waals surface area contributed by atoms with Gasteiger partial charge in [-0.2, -0.15) is 5.10 Å². The van der Waals surface area contributed by atoms with Gasteiger partial charge in [-0.25, -0.2) is 4.68 Å². The number of amides is 1. The number of benzene rings is 2. The van der Waals surface area contributed by atoms with Crippen LogP contribution in [0.3, 0.4) is 0 Å². The molecule has 0 spiro atoms. The minimum atomic E-state index is -1.05. The number of aryl methyl sites for hydroxylation is 1. The Kier molecular flexibility index (Phi) is 5.12. The van der Waals surface area contributed by atoms with Crippen molar-refractivity contribution in [1.29, 1.82) is 0 Å². The van der Waals surface area contributed by atoms with Crippen molar-refractivity contribution in [2.45, 2.75) is 13.5 Å². The molecule has 0 aliphatic rings. The molecule has 3 rings (SSSR count). The molecular formula is C20H19N3O3. The van der Waals surface area contributed by atoms with Crippen LogP contribution in [-0.2, 0) is 11.3 Å². The zero-order chi connectivity index (χ0) is 18.5. The number of carboxylic acid groups (broad SMARTS) is 1. The average molecular weight is 349 g/mol. The summed E-state index contributed by atoms with van der Waals surface area (Å²) in [7, 11) is 0. The van der Waals surface area contributed by atoms with Crippen molar-refractivity contribution >= 4 is 11.9 Å². The van der Waals surface area contributed by atoms with Crippen LogP contribution in [-0.4, -0.2) is 38.2 Å². The van der Waals surface area contributed by atoms with E-state index in [1.54, 1.807) is 17.8 Å². The smallest absolute Gasteiger partial charge is 0.323 e. The molecule has 0 radical (unpaired) electrons. The number of nitrogens with zero attached hydrogens (tertiary/aromatic N) is 3. The summed E-state index contributed by atoms with van der Waals surface area (Å²) in [6, 6.07) is 18.8. The second kappa shape index (κ2) is 7.65. The lowest BCUT2D eigenvalue weighted by Gasteiger charge is -2.20. The summed E-state index contributed by atoms with van der Waals surface area (Å²) in [5.41, 5.74) is 2.66. The highest BCUT2D eigenvalue weighted by Crippen LogP contribution is 2.16. The van der Waals surface area contributed by atoms with Crippen LogP contribution in [0.1, 0.15) is 21.6 Å². The number of carbonyl (C=O) groups excluding carboxylic acids is 1. The van der Waals surface area contributed by atoms with E-state index in [1.165, 1.54) is 4.90 Å². The van der Waals surface area contributed by atoms with Crippen LogP contribution in [0.25, 0.3) is 5.69 Å². The molecule has 1 N–H and O–H groups in total. The van der Waals surface area contributed by atoms with E-state index in [2.05, 4.69) is 5.10 Å². The molecule has 2 aromatic carbocycles. The van der Waals surface area contributed by atoms with Crippen LogP contribution in [0.15, 0.2) is 66.9 Å². The van der Waals surface area contributed by atoms with E-state index in [0.717, 1.165) is 11.3 Å². The Labute approximate surface area is 151 Å². The third-order valence-electron chi connectivity index (χ3n) is 3.98. The highest BCUT2D eigenvalue weighted by molar-refractivity contribution is 5.96. The third kappa shape index (κ3) is 3.97. The second-order valence-corrected chi connectivity index (χ2v) is 5.95. The van der Waals surface area contributed by atoms with Gasteiger partial charge < -0.3 is 10.0 Å². The molecule has 6 heteroatoms. The number of rotatable bonds is 6. The van der Waals surface area contributed by atoms with Crippen LogP contribution in [0.4, 0.5) is 0 Å². The maximum Gasteiger partial charge on any atom is 0.323 e. The lowest BCUT2D eigenvalue weighted by molar-refractivity contribution is -0.137. The fraction of sp³-hybridized carbons (Fsp3) is 0.150. The van der Waals surface area contributed by atoms with E-state index in [0.29, 0.717) is 11.3 Å². The summed E-state index contributed by atoms with van der Waals surface area (Å²) in [5, 5.41) is 13.6. The van der Waals surface area contributed by atoms with Crippen LogP contribution in [0.2, 0.25) is 0 Å². The van der Waals surface area contributed by atoms with Crippen molar-refractivity contribution in [3.63, 3.8) is 0 Å². The average Bonchev–Trinajstić information content (AvgIpc) is 3.03. The van der Waals surface area contributed by atoms with E-state index in [1.807, 2.05) is 60.7 Å². The molecule has 0 unspecified atom stereocenters. The summed E-state index contributed by atoms with van der Waals surface area (Å²) in [5.74, 6) is -1.40. The molecule has 26 heavy (non-hydrogen) atoms. The number of aromatic nitrogens is 2. The topological polar surface area (TPSA) is 75.4 Å². The first-order valence-electron chi connectivity index (χ1n) is 8.21. The van der Waals surface area contributed by atoms with E-state index >= 15 is 0 Å². The Morgan fingerprint density at radius 2 is 1.65 bits per heavy atom. The Bertz CT molecular complexity index is 905. The molecule has 0 atom stereocenters. The Balaban J connectivity index is 1.89. The number of carboxylic acids is 1. The van der Waals surface area contributed by atoms with Gasteiger partial charge in [-0.05, 0) is 24.6 Å². The second-order valence-electron chi connectivity index (χ2n) is 5.95. The highest BCUT2D eigenvalue weighted by atomic mass is 16.4. The molecule has 1 heterocycles. The molecule has 132 valence electrons. The maximum atomic E-state index is 13.0. The van der Waals surface area contributed by atoms with Crippen molar-refractivity contribution in [2.75, 3.05) is 6.54 Å². The lowest BCUT2D eigenvalue weighted by Crippen LogP contribution is -2.35. The SMILES string of the molecule is Cc1nn(-c2ccccc2)cc1C(=O)N(CC(=O)O)Cc1ccccc1. The molecule has 0 saturated carbocycles. The Morgan fingerprint density at radius 3 is 2.27 bits per heavy atom. The van der Waals surface area contributed by atoms with Crippen LogP contribution >= 0.6 is 0 Å². The Morgan fingerprint density at radius 1 is 1.04 bits per heavy atom. The molecule has 3 aromatic rings. The zero-order valence-corrected chi connectivity index (χ0v) is 14.4. The van der Waals surface area contributed by atoms with Gasteiger partial charge >= 0.3 is 5.97 Å². The number of para-hydroxylation sites is 1. The van der Waals surface area contributed by atoms with Gasteiger partial charge in [-0.3, -0.25) is 9.59 Å². The van der Waals surface area contributed by atoms with Crippen LogP contribution < -0.4 is 0 Å². The van der Waals surface area contributed by atoms with E-state index in [4.69, 9.17) is 0 Å². The lowest BCUT2D eigenvalue weighted by atomic mass is 10.1. The summed E-state index contributed by atoms with van der Waals surface area (Å²) >= 11 is 0. The maximum absolute atomic E-state index is 13.0. The first-order chi connectivity index (χ1) is 12.5. The molecule has 0 fully saturated rings. The van der Waals surface area contributed by atoms with E-state index in [9.17, 15) is 14.7 Å². The highest BCUT2D eigenvalue weighted by Gasteiger charge is 2.23. The predicted molar refractivity (Wildman–Crippen MR) is 97.1 cm³/mol. The fourth-order valence-corrected chi connectivity index (χ4v) is 2.72. The molecule has 1 amide bonds. The van der Waals surface area contributed by atoms with Crippen molar-refractivity contribution in [2.24, 2.45) is 0 Å².